The van der Waals surface area contributed by atoms with Crippen molar-refractivity contribution in [2.45, 2.75) is 6.92 Å². The van der Waals surface area contributed by atoms with Crippen molar-refractivity contribution in [3.05, 3.63) is 69.6 Å². The first kappa shape index (κ1) is 15.3. The van der Waals surface area contributed by atoms with Gasteiger partial charge in [-0.1, -0.05) is 18.2 Å². The molecule has 1 amide bonds. The third-order valence-electron chi connectivity index (χ3n) is 3.24. The van der Waals surface area contributed by atoms with Crippen LogP contribution < -0.4 is 5.43 Å². The first-order valence-corrected chi connectivity index (χ1v) is 6.98. The monoisotopic (exact) mass is 324 g/mol. The number of rotatable bonds is 4. The predicted molar refractivity (Wildman–Crippen MR) is 86.9 cm³/mol. The molecule has 0 aliphatic rings. The fourth-order valence-corrected chi connectivity index (χ4v) is 2.22. The molecule has 2 aromatic heterocycles. The summed E-state index contributed by atoms with van der Waals surface area (Å²) in [7, 11) is 0. The lowest BCUT2D eigenvalue weighted by atomic mass is 10.1. The average molecular weight is 324 g/mol. The molecule has 24 heavy (non-hydrogen) atoms. The van der Waals surface area contributed by atoms with Crippen LogP contribution in [0, 0.1) is 17.0 Å². The van der Waals surface area contributed by atoms with Gasteiger partial charge in [0.25, 0.3) is 5.91 Å². The molecule has 0 saturated carbocycles. The maximum Gasteiger partial charge on any atom is 0.433 e. The highest BCUT2D eigenvalue weighted by atomic mass is 16.6. The Morgan fingerprint density at radius 3 is 2.88 bits per heavy atom. The van der Waals surface area contributed by atoms with Gasteiger partial charge in [0.15, 0.2) is 5.76 Å². The highest BCUT2D eigenvalue weighted by molar-refractivity contribution is 6.06. The van der Waals surface area contributed by atoms with Crippen molar-refractivity contribution in [3.8, 4) is 0 Å². The lowest BCUT2D eigenvalue weighted by Gasteiger charge is -2.06. The fourth-order valence-electron chi connectivity index (χ4n) is 2.22. The SMILES string of the molecule is Cc1cc(C(=O)N/N=C/c2ccc([N+](=O)[O-])o2)c2ccccc2n1. The van der Waals surface area contributed by atoms with Crippen molar-refractivity contribution in [1.82, 2.24) is 10.4 Å². The van der Waals surface area contributed by atoms with Gasteiger partial charge < -0.3 is 4.42 Å². The van der Waals surface area contributed by atoms with Gasteiger partial charge in [-0.25, -0.2) is 5.43 Å². The van der Waals surface area contributed by atoms with Gasteiger partial charge in [0, 0.05) is 11.1 Å². The molecule has 0 unspecified atom stereocenters. The second kappa shape index (κ2) is 6.29. The molecule has 0 aliphatic heterocycles. The van der Waals surface area contributed by atoms with Gasteiger partial charge in [0.05, 0.1) is 23.4 Å². The smallest absolute Gasteiger partial charge is 0.400 e. The number of carbonyl (C=O) groups is 1. The van der Waals surface area contributed by atoms with Crippen LogP contribution in [0.1, 0.15) is 21.8 Å². The van der Waals surface area contributed by atoms with Gasteiger partial charge in [-0.2, -0.15) is 5.10 Å². The summed E-state index contributed by atoms with van der Waals surface area (Å²) in [5.74, 6) is -0.634. The molecular weight excluding hydrogens is 312 g/mol. The highest BCUT2D eigenvalue weighted by Gasteiger charge is 2.12. The van der Waals surface area contributed by atoms with E-state index in [0.29, 0.717) is 22.2 Å². The topological polar surface area (TPSA) is 111 Å². The molecule has 2 heterocycles. The molecular formula is C16H12N4O4. The van der Waals surface area contributed by atoms with Crippen molar-refractivity contribution in [2.75, 3.05) is 0 Å². The number of hydrogen-bond donors (Lipinski definition) is 1. The van der Waals surface area contributed by atoms with E-state index in [1.165, 1.54) is 18.3 Å². The van der Waals surface area contributed by atoms with Crippen LogP contribution in [0.4, 0.5) is 5.88 Å². The minimum absolute atomic E-state index is 0.165. The quantitative estimate of drug-likeness (QED) is 0.450. The minimum atomic E-state index is -0.651. The second-order valence-electron chi connectivity index (χ2n) is 4.96. The first-order valence-electron chi connectivity index (χ1n) is 6.98. The zero-order valence-corrected chi connectivity index (χ0v) is 12.6. The molecule has 1 N–H and O–H groups in total. The van der Waals surface area contributed by atoms with E-state index in [1.54, 1.807) is 19.1 Å². The molecule has 8 nitrogen and oxygen atoms in total. The summed E-state index contributed by atoms with van der Waals surface area (Å²) in [5, 5.41) is 15.0. The molecule has 0 radical (unpaired) electrons. The summed E-state index contributed by atoms with van der Waals surface area (Å²) in [4.78, 5) is 26.6. The largest absolute Gasteiger partial charge is 0.433 e. The second-order valence-corrected chi connectivity index (χ2v) is 4.96. The molecule has 3 rings (SSSR count). The number of hydrazone groups is 1. The number of nitrogens with zero attached hydrogens (tertiary/aromatic N) is 3. The Balaban J connectivity index is 1.80. The Hall–Kier alpha value is -3.55. The zero-order chi connectivity index (χ0) is 17.1. The molecule has 1 aromatic carbocycles. The normalized spacial score (nSPS) is 11.0. The van der Waals surface area contributed by atoms with E-state index >= 15 is 0 Å². The van der Waals surface area contributed by atoms with Crippen LogP contribution in [0.2, 0.25) is 0 Å². The van der Waals surface area contributed by atoms with E-state index in [-0.39, 0.29) is 5.76 Å². The van der Waals surface area contributed by atoms with Crippen molar-refractivity contribution in [3.63, 3.8) is 0 Å². The van der Waals surface area contributed by atoms with E-state index in [9.17, 15) is 14.9 Å². The lowest BCUT2D eigenvalue weighted by Crippen LogP contribution is -2.18. The van der Waals surface area contributed by atoms with Crippen molar-refractivity contribution >= 4 is 28.9 Å². The number of fused-ring (bicyclic) bond motifs is 1. The van der Waals surface area contributed by atoms with Crippen molar-refractivity contribution in [1.29, 1.82) is 0 Å². The Morgan fingerprint density at radius 2 is 2.12 bits per heavy atom. The maximum atomic E-state index is 12.3. The van der Waals surface area contributed by atoms with Gasteiger partial charge in [0.1, 0.15) is 4.92 Å². The predicted octanol–water partition coefficient (Wildman–Crippen LogP) is 2.81. The summed E-state index contributed by atoms with van der Waals surface area (Å²) in [5.41, 5.74) is 4.25. The number of hydrogen-bond acceptors (Lipinski definition) is 6. The molecule has 3 aromatic rings. The van der Waals surface area contributed by atoms with Crippen LogP contribution in [-0.2, 0) is 0 Å². The number of furan rings is 1. The van der Waals surface area contributed by atoms with E-state index in [1.807, 2.05) is 18.2 Å². The van der Waals surface area contributed by atoms with Crippen LogP contribution in [0.5, 0.6) is 0 Å². The Labute approximate surface area is 136 Å². The molecule has 0 spiro atoms. The average Bonchev–Trinajstić information content (AvgIpc) is 3.03. The number of aryl methyl sites for hydroxylation is 1. The number of nitrogens with one attached hydrogen (secondary N) is 1. The number of pyridine rings is 1. The van der Waals surface area contributed by atoms with Gasteiger partial charge in [-0.3, -0.25) is 19.9 Å². The van der Waals surface area contributed by atoms with Gasteiger partial charge in [-0.05, 0) is 25.1 Å². The van der Waals surface area contributed by atoms with Crippen LogP contribution >= 0.6 is 0 Å². The molecule has 0 aliphatic carbocycles. The third-order valence-corrected chi connectivity index (χ3v) is 3.24. The van der Waals surface area contributed by atoms with Crippen LogP contribution in [0.15, 0.2) is 52.0 Å². The van der Waals surface area contributed by atoms with Crippen LogP contribution in [0.3, 0.4) is 0 Å². The van der Waals surface area contributed by atoms with Crippen molar-refractivity contribution in [2.24, 2.45) is 5.10 Å². The standard InChI is InChI=1S/C16H12N4O4/c1-10-8-13(12-4-2-3-5-14(12)18-10)16(21)19-17-9-11-6-7-15(24-11)20(22)23/h2-9H,1H3,(H,19,21)/b17-9+. The molecule has 0 atom stereocenters. The van der Waals surface area contributed by atoms with Gasteiger partial charge >= 0.3 is 5.88 Å². The van der Waals surface area contributed by atoms with Crippen LogP contribution in [0.25, 0.3) is 10.9 Å². The van der Waals surface area contributed by atoms with Gasteiger partial charge in [-0.15, -0.1) is 0 Å². The third kappa shape index (κ3) is 3.12. The molecule has 0 fully saturated rings. The number of carbonyl (C=O) groups excluding carboxylic acids is 1. The molecule has 120 valence electrons. The highest BCUT2D eigenvalue weighted by Crippen LogP contribution is 2.18. The Kier molecular flexibility index (Phi) is 4.02. The summed E-state index contributed by atoms with van der Waals surface area (Å²) in [6.07, 6.45) is 1.20. The van der Waals surface area contributed by atoms with E-state index in [4.69, 9.17) is 4.42 Å². The fraction of sp³-hybridized carbons (Fsp3) is 0.0625. The summed E-state index contributed by atoms with van der Waals surface area (Å²) < 4.78 is 4.91. The van der Waals surface area contributed by atoms with Gasteiger partial charge in [0.2, 0.25) is 0 Å². The summed E-state index contributed by atoms with van der Waals surface area (Å²) in [6.45, 7) is 1.80. The number of amides is 1. The summed E-state index contributed by atoms with van der Waals surface area (Å²) >= 11 is 0. The minimum Gasteiger partial charge on any atom is -0.400 e. The van der Waals surface area contributed by atoms with Crippen LogP contribution in [-0.4, -0.2) is 22.0 Å². The molecule has 0 bridgehead atoms. The van der Waals surface area contributed by atoms with E-state index in [2.05, 4.69) is 15.5 Å². The lowest BCUT2D eigenvalue weighted by molar-refractivity contribution is -0.402. The number of aromatic nitrogens is 1. The first-order chi connectivity index (χ1) is 11.5. The number of para-hydroxylation sites is 1. The molecule has 0 saturated heterocycles. The Morgan fingerprint density at radius 1 is 1.33 bits per heavy atom. The summed E-state index contributed by atoms with van der Waals surface area (Å²) in [6, 6.07) is 11.6. The Bertz CT molecular complexity index is 962. The van der Waals surface area contributed by atoms with E-state index in [0.717, 1.165) is 0 Å². The molecule has 8 heteroatoms. The number of benzene rings is 1. The van der Waals surface area contributed by atoms with E-state index < -0.39 is 16.7 Å². The maximum absolute atomic E-state index is 12.3. The zero-order valence-electron chi connectivity index (χ0n) is 12.6. The number of nitro groups is 1. The van der Waals surface area contributed by atoms with Crippen molar-refractivity contribution < 1.29 is 14.1 Å².